The Balaban J connectivity index is 2.59. The summed E-state index contributed by atoms with van der Waals surface area (Å²) in [5, 5.41) is 4.92. The zero-order chi connectivity index (χ0) is 15.8. The molecule has 3 amide bonds. The summed E-state index contributed by atoms with van der Waals surface area (Å²) in [5.41, 5.74) is 0.836. The third kappa shape index (κ3) is 6.70. The largest absolute Gasteiger partial charge is 0.345 e. The Kier molecular flexibility index (Phi) is 6.59. The Morgan fingerprint density at radius 3 is 2.24 bits per heavy atom. The van der Waals surface area contributed by atoms with Crippen molar-refractivity contribution in [1.29, 1.82) is 0 Å². The maximum atomic E-state index is 12.1. The van der Waals surface area contributed by atoms with Crippen LogP contribution < -0.4 is 10.6 Å². The first-order chi connectivity index (χ1) is 9.88. The zero-order valence-corrected chi connectivity index (χ0v) is 12.7. The Morgan fingerprint density at radius 2 is 1.71 bits per heavy atom. The lowest BCUT2D eigenvalue weighted by molar-refractivity contribution is -0.133. The van der Waals surface area contributed by atoms with Crippen LogP contribution in [0.4, 0.5) is 0 Å². The summed E-state index contributed by atoms with van der Waals surface area (Å²) < 4.78 is 0. The highest BCUT2D eigenvalue weighted by molar-refractivity contribution is 5.99. The highest BCUT2D eigenvalue weighted by Gasteiger charge is 2.22. The van der Waals surface area contributed by atoms with Crippen LogP contribution in [0.25, 0.3) is 0 Å². The predicted octanol–water partition coefficient (Wildman–Crippen LogP) is 1.42. The Hall–Kier alpha value is -2.17. The van der Waals surface area contributed by atoms with E-state index in [0.29, 0.717) is 6.42 Å². The van der Waals surface area contributed by atoms with E-state index >= 15 is 0 Å². The van der Waals surface area contributed by atoms with Crippen LogP contribution in [0.5, 0.6) is 0 Å². The molecule has 0 spiro atoms. The molecule has 114 valence electrons. The Morgan fingerprint density at radius 1 is 1.10 bits per heavy atom. The van der Waals surface area contributed by atoms with Gasteiger partial charge in [-0.2, -0.15) is 0 Å². The van der Waals surface area contributed by atoms with Crippen LogP contribution in [0.2, 0.25) is 0 Å². The second kappa shape index (κ2) is 8.19. The van der Waals surface area contributed by atoms with E-state index in [0.717, 1.165) is 5.56 Å². The van der Waals surface area contributed by atoms with E-state index in [1.807, 2.05) is 44.2 Å². The van der Waals surface area contributed by atoms with Crippen LogP contribution in [0.1, 0.15) is 32.8 Å². The monoisotopic (exact) mass is 290 g/mol. The van der Waals surface area contributed by atoms with Gasteiger partial charge < -0.3 is 5.32 Å². The number of hydrogen-bond acceptors (Lipinski definition) is 3. The number of amides is 3. The standard InChI is InChI=1S/C16H22N2O3/c1-11(2)9-14(17-12(3)19)16(21)18-15(20)10-13-7-5-4-6-8-13/h4-8,11,14H,9-10H2,1-3H3,(H,17,19)(H,18,20,21). The lowest BCUT2D eigenvalue weighted by Gasteiger charge is -2.18. The quantitative estimate of drug-likeness (QED) is 0.832. The van der Waals surface area contributed by atoms with Crippen LogP contribution in [-0.4, -0.2) is 23.8 Å². The highest BCUT2D eigenvalue weighted by atomic mass is 16.2. The summed E-state index contributed by atoms with van der Waals surface area (Å²) in [4.78, 5) is 35.1. The lowest BCUT2D eigenvalue weighted by atomic mass is 10.0. The second-order valence-electron chi connectivity index (χ2n) is 5.46. The number of nitrogens with one attached hydrogen (secondary N) is 2. The van der Waals surface area contributed by atoms with Crippen molar-refractivity contribution in [3.8, 4) is 0 Å². The third-order valence-corrected chi connectivity index (χ3v) is 2.87. The van der Waals surface area contributed by atoms with E-state index in [1.54, 1.807) is 0 Å². The number of benzene rings is 1. The van der Waals surface area contributed by atoms with E-state index in [-0.39, 0.29) is 24.2 Å². The molecule has 1 aromatic carbocycles. The van der Waals surface area contributed by atoms with E-state index < -0.39 is 11.9 Å². The van der Waals surface area contributed by atoms with Crippen molar-refractivity contribution < 1.29 is 14.4 Å². The van der Waals surface area contributed by atoms with Gasteiger partial charge in [0.2, 0.25) is 17.7 Å². The molecule has 0 saturated carbocycles. The van der Waals surface area contributed by atoms with E-state index in [4.69, 9.17) is 0 Å². The van der Waals surface area contributed by atoms with Gasteiger partial charge in [0, 0.05) is 6.92 Å². The molecule has 0 heterocycles. The predicted molar refractivity (Wildman–Crippen MR) is 80.4 cm³/mol. The molecule has 5 nitrogen and oxygen atoms in total. The van der Waals surface area contributed by atoms with Gasteiger partial charge in [-0.25, -0.2) is 0 Å². The average Bonchev–Trinajstić information content (AvgIpc) is 2.37. The van der Waals surface area contributed by atoms with Crippen molar-refractivity contribution in [2.45, 2.75) is 39.7 Å². The molecular weight excluding hydrogens is 268 g/mol. The molecule has 1 atom stereocenters. The number of hydrogen-bond donors (Lipinski definition) is 2. The second-order valence-corrected chi connectivity index (χ2v) is 5.46. The fraction of sp³-hybridized carbons (Fsp3) is 0.438. The minimum Gasteiger partial charge on any atom is -0.345 e. The van der Waals surface area contributed by atoms with E-state index in [9.17, 15) is 14.4 Å². The van der Waals surface area contributed by atoms with Gasteiger partial charge in [0.25, 0.3) is 0 Å². The minimum absolute atomic E-state index is 0.140. The zero-order valence-electron chi connectivity index (χ0n) is 12.7. The molecule has 0 saturated heterocycles. The van der Waals surface area contributed by atoms with Gasteiger partial charge in [0.1, 0.15) is 6.04 Å². The first-order valence-electron chi connectivity index (χ1n) is 7.03. The van der Waals surface area contributed by atoms with E-state index in [1.165, 1.54) is 6.92 Å². The fourth-order valence-corrected chi connectivity index (χ4v) is 2.00. The number of carbonyl (C=O) groups excluding carboxylic acids is 3. The van der Waals surface area contributed by atoms with Gasteiger partial charge in [0.05, 0.1) is 6.42 Å². The fourth-order valence-electron chi connectivity index (χ4n) is 2.00. The normalized spacial score (nSPS) is 11.8. The van der Waals surface area contributed by atoms with Crippen molar-refractivity contribution in [2.75, 3.05) is 0 Å². The molecule has 1 unspecified atom stereocenters. The molecule has 0 bridgehead atoms. The first kappa shape index (κ1) is 16.9. The van der Waals surface area contributed by atoms with Gasteiger partial charge in [-0.05, 0) is 17.9 Å². The first-order valence-corrected chi connectivity index (χ1v) is 7.03. The number of imide groups is 1. The number of rotatable bonds is 6. The van der Waals surface area contributed by atoms with Gasteiger partial charge >= 0.3 is 0 Å². The molecule has 0 fully saturated rings. The lowest BCUT2D eigenvalue weighted by Crippen LogP contribution is -2.48. The van der Waals surface area contributed by atoms with Crippen LogP contribution >= 0.6 is 0 Å². The molecule has 1 aromatic rings. The van der Waals surface area contributed by atoms with Crippen molar-refractivity contribution in [2.24, 2.45) is 5.92 Å². The maximum absolute atomic E-state index is 12.1. The van der Waals surface area contributed by atoms with Crippen LogP contribution in [0.15, 0.2) is 30.3 Å². The molecule has 5 heteroatoms. The van der Waals surface area contributed by atoms with Crippen molar-refractivity contribution >= 4 is 17.7 Å². The van der Waals surface area contributed by atoms with Crippen LogP contribution in [-0.2, 0) is 20.8 Å². The molecule has 0 aliphatic heterocycles. The van der Waals surface area contributed by atoms with Crippen molar-refractivity contribution in [1.82, 2.24) is 10.6 Å². The maximum Gasteiger partial charge on any atom is 0.249 e. The molecular formula is C16H22N2O3. The molecule has 1 rings (SSSR count). The van der Waals surface area contributed by atoms with Crippen molar-refractivity contribution in [3.05, 3.63) is 35.9 Å². The van der Waals surface area contributed by atoms with Gasteiger partial charge in [-0.3, -0.25) is 19.7 Å². The van der Waals surface area contributed by atoms with Gasteiger partial charge in [-0.15, -0.1) is 0 Å². The summed E-state index contributed by atoms with van der Waals surface area (Å²) in [6.45, 7) is 5.26. The van der Waals surface area contributed by atoms with Gasteiger partial charge in [-0.1, -0.05) is 44.2 Å². The summed E-state index contributed by atoms with van der Waals surface area (Å²) in [6.07, 6.45) is 0.630. The molecule has 0 aliphatic carbocycles. The summed E-state index contributed by atoms with van der Waals surface area (Å²) in [5.74, 6) is -0.881. The molecule has 2 N–H and O–H groups in total. The average molecular weight is 290 g/mol. The molecule has 21 heavy (non-hydrogen) atoms. The van der Waals surface area contributed by atoms with Crippen LogP contribution in [0, 0.1) is 5.92 Å². The van der Waals surface area contributed by atoms with Gasteiger partial charge in [0.15, 0.2) is 0 Å². The minimum atomic E-state index is -0.678. The summed E-state index contributed by atoms with van der Waals surface area (Å²) >= 11 is 0. The molecule has 0 radical (unpaired) electrons. The molecule has 0 aliphatic rings. The SMILES string of the molecule is CC(=O)NC(CC(C)C)C(=O)NC(=O)Cc1ccccc1. The summed E-state index contributed by atoms with van der Waals surface area (Å²) in [7, 11) is 0. The highest BCUT2D eigenvalue weighted by Crippen LogP contribution is 2.05. The van der Waals surface area contributed by atoms with E-state index in [2.05, 4.69) is 10.6 Å². The van der Waals surface area contributed by atoms with Crippen LogP contribution in [0.3, 0.4) is 0 Å². The third-order valence-electron chi connectivity index (χ3n) is 2.87. The smallest absolute Gasteiger partial charge is 0.249 e. The summed E-state index contributed by atoms with van der Waals surface area (Å²) in [6, 6.07) is 8.50. The Bertz CT molecular complexity index is 498. The topological polar surface area (TPSA) is 75.3 Å². The van der Waals surface area contributed by atoms with Crippen molar-refractivity contribution in [3.63, 3.8) is 0 Å². The molecule has 0 aromatic heterocycles. The number of carbonyl (C=O) groups is 3. The Labute approximate surface area is 125 Å².